The number of carbonyl (C=O) groups excluding carboxylic acids is 1. The number of nitrogens with two attached hydrogens (primary N) is 1. The van der Waals surface area contributed by atoms with Crippen LogP contribution in [0, 0.1) is 0 Å². The summed E-state index contributed by atoms with van der Waals surface area (Å²) in [6, 6.07) is -1.20. The second-order valence-corrected chi connectivity index (χ2v) is 4.83. The Morgan fingerprint density at radius 3 is 2.10 bits per heavy atom. The average Bonchev–Trinajstić information content (AvgIpc) is 2.42. The van der Waals surface area contributed by atoms with Crippen molar-refractivity contribution in [1.29, 1.82) is 0 Å². The maximum atomic E-state index is 11.1. The molecule has 0 aromatic heterocycles. The summed E-state index contributed by atoms with van der Waals surface area (Å²) in [7, 11) is 0. The van der Waals surface area contributed by atoms with Crippen LogP contribution in [0.1, 0.15) is 58.3 Å². The monoisotopic (exact) mass is 289 g/mol. The van der Waals surface area contributed by atoms with E-state index in [0.717, 1.165) is 19.3 Å². The molecule has 0 heterocycles. The van der Waals surface area contributed by atoms with Crippen molar-refractivity contribution in [3.05, 3.63) is 0 Å². The normalized spacial score (nSPS) is 11.9. The average molecular weight is 289 g/mol. The maximum absolute atomic E-state index is 11.1. The van der Waals surface area contributed by atoms with Gasteiger partial charge in [-0.25, -0.2) is 4.79 Å². The van der Waals surface area contributed by atoms with Gasteiger partial charge in [-0.15, -0.1) is 0 Å². The van der Waals surface area contributed by atoms with Crippen molar-refractivity contribution < 1.29 is 24.2 Å². The zero-order valence-corrected chi connectivity index (χ0v) is 12.3. The lowest BCUT2D eigenvalue weighted by atomic mass is 10.1. The lowest BCUT2D eigenvalue weighted by Crippen LogP contribution is -2.35. The van der Waals surface area contributed by atoms with Crippen molar-refractivity contribution in [2.24, 2.45) is 5.73 Å². The summed E-state index contributed by atoms with van der Waals surface area (Å²) in [5, 5.41) is 8.49. The van der Waals surface area contributed by atoms with Gasteiger partial charge in [0.05, 0.1) is 6.61 Å². The van der Waals surface area contributed by atoms with Crippen molar-refractivity contribution in [3.8, 4) is 0 Å². The number of ether oxygens (including phenoxy) is 2. The molecule has 0 radical (unpaired) electrons. The molecule has 3 N–H and O–H groups in total. The Morgan fingerprint density at radius 1 is 1.00 bits per heavy atom. The molecule has 0 aliphatic heterocycles. The van der Waals surface area contributed by atoms with Gasteiger partial charge >= 0.3 is 12.1 Å². The lowest BCUT2D eigenvalue weighted by Gasteiger charge is -2.08. The number of carbonyl (C=O) groups is 2. The number of hydrogen-bond donors (Lipinski definition) is 2. The fourth-order valence-electron chi connectivity index (χ4n) is 1.66. The largest absolute Gasteiger partial charge is 0.508 e. The first-order valence-corrected chi connectivity index (χ1v) is 7.35. The van der Waals surface area contributed by atoms with E-state index < -0.39 is 18.2 Å². The fraction of sp³-hybridized carbons (Fsp3) is 0.857. The minimum absolute atomic E-state index is 0.302. The summed E-state index contributed by atoms with van der Waals surface area (Å²) >= 11 is 0. The number of unbranched alkanes of at least 4 members (excludes halogenated alkanes) is 7. The van der Waals surface area contributed by atoms with Crippen LogP contribution in [0.4, 0.5) is 4.79 Å². The lowest BCUT2D eigenvalue weighted by molar-refractivity contribution is -0.139. The highest BCUT2D eigenvalue weighted by Crippen LogP contribution is 2.08. The number of aliphatic carboxylic acids is 1. The molecule has 0 aliphatic carbocycles. The maximum Gasteiger partial charge on any atom is 0.508 e. The molecule has 0 aliphatic rings. The van der Waals surface area contributed by atoms with Gasteiger partial charge < -0.3 is 20.3 Å². The van der Waals surface area contributed by atoms with Gasteiger partial charge in [0.25, 0.3) is 0 Å². The van der Waals surface area contributed by atoms with Crippen LogP contribution in [0.25, 0.3) is 0 Å². The van der Waals surface area contributed by atoms with E-state index in [1.807, 2.05) is 0 Å². The first-order valence-electron chi connectivity index (χ1n) is 7.35. The molecule has 0 amide bonds. The van der Waals surface area contributed by atoms with Crippen LogP contribution in [0.5, 0.6) is 0 Å². The summed E-state index contributed by atoms with van der Waals surface area (Å²) in [5.41, 5.74) is 5.18. The fourth-order valence-corrected chi connectivity index (χ4v) is 1.66. The van der Waals surface area contributed by atoms with Crippen molar-refractivity contribution in [1.82, 2.24) is 0 Å². The minimum atomic E-state index is -1.21. The molecular formula is C14H27NO5. The standard InChI is InChI=1S/C14H27NO5/c1-2-3-4-5-6-7-8-9-10-19-14(18)20-11-12(15)13(16)17/h12H,2-11,15H2,1H3,(H,16,17). The Kier molecular flexibility index (Phi) is 11.9. The van der Waals surface area contributed by atoms with Crippen LogP contribution in [0.15, 0.2) is 0 Å². The molecule has 0 fully saturated rings. The number of carboxylic acid groups (broad SMARTS) is 1. The van der Waals surface area contributed by atoms with Crippen LogP contribution in [0.2, 0.25) is 0 Å². The van der Waals surface area contributed by atoms with Crippen molar-refractivity contribution >= 4 is 12.1 Å². The zero-order valence-electron chi connectivity index (χ0n) is 12.3. The SMILES string of the molecule is CCCCCCCCCCOC(=O)OCC(N)C(=O)O. The molecular weight excluding hydrogens is 262 g/mol. The van der Waals surface area contributed by atoms with E-state index in [1.165, 1.54) is 32.1 Å². The quantitative estimate of drug-likeness (QED) is 0.423. The summed E-state index contributed by atoms with van der Waals surface area (Å²) < 4.78 is 9.38. The highest BCUT2D eigenvalue weighted by Gasteiger charge is 2.14. The molecule has 6 nitrogen and oxygen atoms in total. The Hall–Kier alpha value is -1.30. The molecule has 0 aromatic rings. The minimum Gasteiger partial charge on any atom is -0.480 e. The van der Waals surface area contributed by atoms with Gasteiger partial charge in [0.1, 0.15) is 12.6 Å². The van der Waals surface area contributed by atoms with Crippen molar-refractivity contribution in [3.63, 3.8) is 0 Å². The number of hydrogen-bond acceptors (Lipinski definition) is 5. The van der Waals surface area contributed by atoms with Crippen molar-refractivity contribution in [2.75, 3.05) is 13.2 Å². The Morgan fingerprint density at radius 2 is 1.55 bits per heavy atom. The van der Waals surface area contributed by atoms with Crippen LogP contribution < -0.4 is 5.73 Å². The van der Waals surface area contributed by atoms with Crippen LogP contribution in [-0.4, -0.2) is 36.5 Å². The summed E-state index contributed by atoms with van der Waals surface area (Å²) in [6.07, 6.45) is 8.44. The summed E-state index contributed by atoms with van der Waals surface area (Å²) in [4.78, 5) is 21.5. The van der Waals surface area contributed by atoms with E-state index in [4.69, 9.17) is 15.6 Å². The van der Waals surface area contributed by atoms with Gasteiger partial charge in [0, 0.05) is 0 Å². The zero-order chi connectivity index (χ0) is 15.2. The van der Waals surface area contributed by atoms with E-state index in [9.17, 15) is 9.59 Å². The second-order valence-electron chi connectivity index (χ2n) is 4.83. The predicted octanol–water partition coefficient (Wildman–Crippen LogP) is 2.69. The Bertz CT molecular complexity index is 270. The molecule has 0 saturated carbocycles. The molecule has 118 valence electrons. The number of carboxylic acids is 1. The van der Waals surface area contributed by atoms with Crippen LogP contribution in [-0.2, 0) is 14.3 Å². The van der Waals surface area contributed by atoms with E-state index >= 15 is 0 Å². The Balaban J connectivity index is 3.29. The molecule has 1 unspecified atom stereocenters. The van der Waals surface area contributed by atoms with Gasteiger partial charge in [0.2, 0.25) is 0 Å². The highest BCUT2D eigenvalue weighted by atomic mass is 16.7. The molecule has 0 bridgehead atoms. The van der Waals surface area contributed by atoms with E-state index in [1.54, 1.807) is 0 Å². The molecule has 0 aromatic carbocycles. The summed E-state index contributed by atoms with van der Waals surface area (Å²) in [6.45, 7) is 2.13. The third-order valence-electron chi connectivity index (χ3n) is 2.92. The van der Waals surface area contributed by atoms with Crippen molar-refractivity contribution in [2.45, 2.75) is 64.3 Å². The third-order valence-corrected chi connectivity index (χ3v) is 2.92. The first kappa shape index (κ1) is 18.7. The van der Waals surface area contributed by atoms with Gasteiger partial charge in [-0.3, -0.25) is 4.79 Å². The van der Waals surface area contributed by atoms with E-state index in [2.05, 4.69) is 11.7 Å². The number of rotatable bonds is 12. The van der Waals surface area contributed by atoms with E-state index in [-0.39, 0.29) is 6.61 Å². The predicted molar refractivity (Wildman–Crippen MR) is 75.5 cm³/mol. The summed E-state index contributed by atoms with van der Waals surface area (Å²) in [5.74, 6) is -1.21. The van der Waals surface area contributed by atoms with Gasteiger partial charge in [-0.2, -0.15) is 0 Å². The molecule has 0 rings (SSSR count). The Labute approximate surface area is 120 Å². The van der Waals surface area contributed by atoms with Gasteiger partial charge in [-0.1, -0.05) is 51.9 Å². The van der Waals surface area contributed by atoms with E-state index in [0.29, 0.717) is 6.61 Å². The molecule has 6 heteroatoms. The first-order chi connectivity index (χ1) is 9.57. The molecule has 20 heavy (non-hydrogen) atoms. The van der Waals surface area contributed by atoms with Crippen LogP contribution in [0.3, 0.4) is 0 Å². The van der Waals surface area contributed by atoms with Crippen LogP contribution >= 0.6 is 0 Å². The third kappa shape index (κ3) is 11.8. The smallest absolute Gasteiger partial charge is 0.480 e. The van der Waals surface area contributed by atoms with Gasteiger partial charge in [-0.05, 0) is 6.42 Å². The molecule has 0 spiro atoms. The topological polar surface area (TPSA) is 98.9 Å². The highest BCUT2D eigenvalue weighted by molar-refractivity contribution is 5.73. The second kappa shape index (κ2) is 12.7. The van der Waals surface area contributed by atoms with Gasteiger partial charge in [0.15, 0.2) is 0 Å². The molecule has 0 saturated heterocycles. The molecule has 1 atom stereocenters.